The van der Waals surface area contributed by atoms with Gasteiger partial charge in [0, 0.05) is 24.2 Å². The Balaban J connectivity index is 1.78. The van der Waals surface area contributed by atoms with Crippen molar-refractivity contribution in [1.29, 1.82) is 0 Å². The Morgan fingerprint density at radius 3 is 2.88 bits per heavy atom. The summed E-state index contributed by atoms with van der Waals surface area (Å²) in [5, 5.41) is 1.17. The van der Waals surface area contributed by atoms with Gasteiger partial charge in [-0.3, -0.25) is 4.90 Å². The Bertz CT molecular complexity index is 387. The molecule has 1 heterocycles. The summed E-state index contributed by atoms with van der Waals surface area (Å²) in [5.74, 6) is 0.680. The van der Waals surface area contributed by atoms with Gasteiger partial charge in [-0.25, -0.2) is 0 Å². The molecule has 2 N–H and O–H groups in total. The second-order valence-corrected chi connectivity index (χ2v) is 5.12. The quantitative estimate of drug-likeness (QED) is 0.917. The monoisotopic (exact) mass is 274 g/mol. The van der Waals surface area contributed by atoms with Crippen molar-refractivity contribution in [3.05, 3.63) is 28.2 Å². The second kappa shape index (κ2) is 5.91. The largest absolute Gasteiger partial charge is 0.491 e. The number of nitrogens with zero attached hydrogens (tertiary/aromatic N) is 1. The van der Waals surface area contributed by atoms with Crippen LogP contribution in [-0.2, 0) is 0 Å². The number of halogens is 2. The lowest BCUT2D eigenvalue weighted by molar-refractivity contribution is 0.236. The Morgan fingerprint density at radius 1 is 1.41 bits per heavy atom. The van der Waals surface area contributed by atoms with Crippen LogP contribution in [0, 0.1) is 0 Å². The van der Waals surface area contributed by atoms with E-state index in [2.05, 4.69) is 4.90 Å². The smallest absolute Gasteiger partial charge is 0.138 e. The lowest BCUT2D eigenvalue weighted by Crippen LogP contribution is -2.29. The number of rotatable bonds is 4. The third-order valence-electron chi connectivity index (χ3n) is 2.87. The molecular weight excluding hydrogens is 259 g/mol. The minimum atomic E-state index is 0.314. The summed E-state index contributed by atoms with van der Waals surface area (Å²) >= 11 is 11.8. The minimum absolute atomic E-state index is 0.314. The van der Waals surface area contributed by atoms with E-state index < -0.39 is 0 Å². The van der Waals surface area contributed by atoms with Crippen LogP contribution in [0.2, 0.25) is 10.0 Å². The SMILES string of the molecule is NC1CCN(CCOc2ccc(Cl)cc2Cl)C1. The molecular formula is C12H16Cl2N2O. The fourth-order valence-corrected chi connectivity index (χ4v) is 2.41. The van der Waals surface area contributed by atoms with E-state index in [4.69, 9.17) is 33.7 Å². The minimum Gasteiger partial charge on any atom is -0.491 e. The van der Waals surface area contributed by atoms with Gasteiger partial charge in [0.2, 0.25) is 0 Å². The highest BCUT2D eigenvalue weighted by Crippen LogP contribution is 2.27. The predicted molar refractivity (Wildman–Crippen MR) is 71.0 cm³/mol. The first-order valence-corrected chi connectivity index (χ1v) is 6.46. The molecule has 1 unspecified atom stereocenters. The average molecular weight is 275 g/mol. The zero-order valence-corrected chi connectivity index (χ0v) is 11.0. The number of benzene rings is 1. The van der Waals surface area contributed by atoms with Crippen LogP contribution in [0.1, 0.15) is 6.42 Å². The molecule has 1 atom stereocenters. The van der Waals surface area contributed by atoms with Gasteiger partial charge < -0.3 is 10.5 Å². The molecule has 0 saturated carbocycles. The van der Waals surface area contributed by atoms with Crippen LogP contribution >= 0.6 is 23.2 Å². The maximum absolute atomic E-state index is 6.01. The van der Waals surface area contributed by atoms with Gasteiger partial charge in [0.25, 0.3) is 0 Å². The molecule has 3 nitrogen and oxygen atoms in total. The Morgan fingerprint density at radius 2 is 2.24 bits per heavy atom. The van der Waals surface area contributed by atoms with Crippen LogP contribution in [0.4, 0.5) is 0 Å². The number of likely N-dealkylation sites (tertiary alicyclic amines) is 1. The molecule has 17 heavy (non-hydrogen) atoms. The van der Waals surface area contributed by atoms with Crippen LogP contribution in [0.25, 0.3) is 0 Å². The molecule has 0 aromatic heterocycles. The molecule has 0 aliphatic carbocycles. The van der Waals surface area contributed by atoms with E-state index >= 15 is 0 Å². The van der Waals surface area contributed by atoms with E-state index in [0.29, 0.717) is 28.4 Å². The van der Waals surface area contributed by atoms with Gasteiger partial charge in [-0.1, -0.05) is 23.2 Å². The number of ether oxygens (including phenoxy) is 1. The van der Waals surface area contributed by atoms with E-state index in [1.165, 1.54) is 0 Å². The molecule has 1 aromatic rings. The van der Waals surface area contributed by atoms with Gasteiger partial charge >= 0.3 is 0 Å². The first kappa shape index (κ1) is 13.0. The predicted octanol–water partition coefficient (Wildman–Crippen LogP) is 2.41. The number of nitrogens with two attached hydrogens (primary N) is 1. The van der Waals surface area contributed by atoms with E-state index in [1.54, 1.807) is 18.2 Å². The van der Waals surface area contributed by atoms with Crippen molar-refractivity contribution >= 4 is 23.2 Å². The van der Waals surface area contributed by atoms with Crippen molar-refractivity contribution in [2.45, 2.75) is 12.5 Å². The average Bonchev–Trinajstić information content (AvgIpc) is 2.68. The Hall–Kier alpha value is -0.480. The first-order valence-electron chi connectivity index (χ1n) is 5.71. The van der Waals surface area contributed by atoms with Gasteiger partial charge in [0.05, 0.1) is 5.02 Å². The molecule has 1 fully saturated rings. The summed E-state index contributed by atoms with van der Waals surface area (Å²) in [4.78, 5) is 2.30. The normalized spacial score (nSPS) is 20.8. The summed E-state index contributed by atoms with van der Waals surface area (Å²) in [6.07, 6.45) is 1.07. The van der Waals surface area contributed by atoms with Crippen molar-refractivity contribution in [2.75, 3.05) is 26.2 Å². The lowest BCUT2D eigenvalue weighted by atomic mass is 10.3. The Kier molecular flexibility index (Phi) is 4.51. The second-order valence-electron chi connectivity index (χ2n) is 4.27. The zero-order chi connectivity index (χ0) is 12.3. The summed E-state index contributed by atoms with van der Waals surface area (Å²) in [6, 6.07) is 5.56. The molecule has 0 amide bonds. The van der Waals surface area contributed by atoms with Crippen molar-refractivity contribution in [3.63, 3.8) is 0 Å². The molecule has 0 radical (unpaired) electrons. The standard InChI is InChI=1S/C12H16Cl2N2O/c13-9-1-2-12(11(14)7-9)17-6-5-16-4-3-10(15)8-16/h1-2,7,10H,3-6,8,15H2. The molecule has 0 spiro atoms. The highest BCUT2D eigenvalue weighted by molar-refractivity contribution is 6.35. The van der Waals surface area contributed by atoms with Crippen molar-refractivity contribution < 1.29 is 4.74 Å². The van der Waals surface area contributed by atoms with E-state index in [-0.39, 0.29) is 0 Å². The van der Waals surface area contributed by atoms with Gasteiger partial charge in [-0.2, -0.15) is 0 Å². The topological polar surface area (TPSA) is 38.5 Å². The molecule has 0 bridgehead atoms. The maximum atomic E-state index is 6.01. The number of hydrogen-bond acceptors (Lipinski definition) is 3. The van der Waals surface area contributed by atoms with Crippen molar-refractivity contribution in [1.82, 2.24) is 4.90 Å². The van der Waals surface area contributed by atoms with Crippen LogP contribution in [0.3, 0.4) is 0 Å². The van der Waals surface area contributed by atoms with E-state index in [0.717, 1.165) is 26.1 Å². The number of hydrogen-bond donors (Lipinski definition) is 1. The molecule has 1 saturated heterocycles. The molecule has 1 aliphatic heterocycles. The van der Waals surface area contributed by atoms with Gasteiger partial charge in [-0.15, -0.1) is 0 Å². The molecule has 2 rings (SSSR count). The highest BCUT2D eigenvalue weighted by atomic mass is 35.5. The third-order valence-corrected chi connectivity index (χ3v) is 3.40. The first-order chi connectivity index (χ1) is 8.15. The summed E-state index contributed by atoms with van der Waals surface area (Å²) in [5.41, 5.74) is 5.83. The third kappa shape index (κ3) is 3.75. The Labute approximate surface area is 111 Å². The molecule has 1 aliphatic rings. The van der Waals surface area contributed by atoms with Crippen LogP contribution in [0.5, 0.6) is 5.75 Å². The van der Waals surface area contributed by atoms with E-state index in [1.807, 2.05) is 0 Å². The molecule has 1 aromatic carbocycles. The van der Waals surface area contributed by atoms with Gasteiger partial charge in [-0.05, 0) is 31.2 Å². The van der Waals surface area contributed by atoms with Gasteiger partial charge in [0.15, 0.2) is 0 Å². The summed E-state index contributed by atoms with van der Waals surface area (Å²) < 4.78 is 5.62. The van der Waals surface area contributed by atoms with Gasteiger partial charge in [0.1, 0.15) is 12.4 Å². The van der Waals surface area contributed by atoms with Crippen LogP contribution in [-0.4, -0.2) is 37.2 Å². The zero-order valence-electron chi connectivity index (χ0n) is 9.53. The van der Waals surface area contributed by atoms with E-state index in [9.17, 15) is 0 Å². The fourth-order valence-electron chi connectivity index (χ4n) is 1.94. The maximum Gasteiger partial charge on any atom is 0.138 e. The molecule has 94 valence electrons. The summed E-state index contributed by atoms with van der Waals surface area (Å²) in [6.45, 7) is 3.51. The fraction of sp³-hybridized carbons (Fsp3) is 0.500. The highest BCUT2D eigenvalue weighted by Gasteiger charge is 2.18. The lowest BCUT2D eigenvalue weighted by Gasteiger charge is -2.15. The van der Waals surface area contributed by atoms with Crippen molar-refractivity contribution in [3.8, 4) is 5.75 Å². The summed E-state index contributed by atoms with van der Waals surface area (Å²) in [7, 11) is 0. The molecule has 5 heteroatoms. The van der Waals surface area contributed by atoms with Crippen LogP contribution in [0.15, 0.2) is 18.2 Å². The van der Waals surface area contributed by atoms with Crippen LogP contribution < -0.4 is 10.5 Å². The van der Waals surface area contributed by atoms with Crippen molar-refractivity contribution in [2.24, 2.45) is 5.73 Å².